The largest absolute Gasteiger partial charge is 0.268 e. The smallest absolute Gasteiger partial charge is 0.267 e. The van der Waals surface area contributed by atoms with Crippen molar-refractivity contribution in [1.82, 2.24) is 9.55 Å². The molecule has 2 heterocycles. The lowest BCUT2D eigenvalue weighted by Crippen LogP contribution is -2.22. The molecule has 0 bridgehead atoms. The van der Waals surface area contributed by atoms with E-state index in [0.29, 0.717) is 5.92 Å². The first-order valence-electron chi connectivity index (χ1n) is 8.94. The molecule has 0 spiro atoms. The second kappa shape index (κ2) is 7.05. The van der Waals surface area contributed by atoms with Gasteiger partial charge in [0.15, 0.2) is 5.16 Å². The summed E-state index contributed by atoms with van der Waals surface area (Å²) in [7, 11) is 0. The van der Waals surface area contributed by atoms with Crippen molar-refractivity contribution in [3.05, 3.63) is 63.3 Å². The molecule has 134 valence electrons. The van der Waals surface area contributed by atoms with Crippen LogP contribution >= 0.6 is 23.1 Å². The lowest BCUT2D eigenvalue weighted by atomic mass is 9.89. The van der Waals surface area contributed by atoms with Crippen LogP contribution in [0.15, 0.2) is 52.4 Å². The summed E-state index contributed by atoms with van der Waals surface area (Å²) in [4.78, 5) is 20.7. The fourth-order valence-corrected chi connectivity index (χ4v) is 5.74. The van der Waals surface area contributed by atoms with Gasteiger partial charge in [0.2, 0.25) is 0 Å². The molecule has 2 aromatic heterocycles. The molecule has 5 heteroatoms. The van der Waals surface area contributed by atoms with Gasteiger partial charge in [0, 0.05) is 10.6 Å². The number of rotatable bonds is 4. The quantitative estimate of drug-likeness (QED) is 0.352. The average molecular weight is 383 g/mol. The molecular formula is C21H22N2OS2. The number of aromatic nitrogens is 2. The molecular weight excluding hydrogens is 360 g/mol. The Bertz CT molecular complexity index is 1030. The molecule has 1 aliphatic carbocycles. The Labute approximate surface area is 161 Å². The van der Waals surface area contributed by atoms with Crippen molar-refractivity contribution in [3.8, 4) is 5.69 Å². The summed E-state index contributed by atoms with van der Waals surface area (Å²) in [6, 6.07) is 9.84. The topological polar surface area (TPSA) is 34.9 Å². The van der Waals surface area contributed by atoms with Gasteiger partial charge in [0.25, 0.3) is 5.56 Å². The Morgan fingerprint density at radius 3 is 2.88 bits per heavy atom. The molecule has 0 saturated carbocycles. The maximum absolute atomic E-state index is 13.5. The second-order valence-corrected chi connectivity index (χ2v) is 9.17. The molecule has 0 N–H and O–H groups in total. The summed E-state index contributed by atoms with van der Waals surface area (Å²) in [5, 5.41) is 1.59. The Morgan fingerprint density at radius 1 is 1.38 bits per heavy atom. The van der Waals surface area contributed by atoms with Crippen molar-refractivity contribution in [2.24, 2.45) is 5.92 Å². The molecule has 1 aromatic carbocycles. The van der Waals surface area contributed by atoms with Crippen LogP contribution in [0.2, 0.25) is 0 Å². The van der Waals surface area contributed by atoms with E-state index in [1.54, 1.807) is 27.7 Å². The van der Waals surface area contributed by atoms with Crippen LogP contribution in [0.1, 0.15) is 30.7 Å². The number of hydrogen-bond acceptors (Lipinski definition) is 4. The summed E-state index contributed by atoms with van der Waals surface area (Å²) in [6.07, 6.45) is 3.20. The number of fused-ring (bicyclic) bond motifs is 3. The van der Waals surface area contributed by atoms with Gasteiger partial charge in [0.1, 0.15) is 4.83 Å². The van der Waals surface area contributed by atoms with E-state index in [4.69, 9.17) is 4.98 Å². The summed E-state index contributed by atoms with van der Waals surface area (Å²) < 4.78 is 1.78. The minimum atomic E-state index is 0.0671. The minimum absolute atomic E-state index is 0.0671. The molecule has 1 atom stereocenters. The molecule has 4 rings (SSSR count). The summed E-state index contributed by atoms with van der Waals surface area (Å²) in [5.41, 5.74) is 3.25. The monoisotopic (exact) mass is 382 g/mol. The van der Waals surface area contributed by atoms with Crippen LogP contribution in [0, 0.1) is 5.92 Å². The average Bonchev–Trinajstić information content (AvgIpc) is 2.98. The minimum Gasteiger partial charge on any atom is -0.268 e. The molecule has 0 saturated heterocycles. The van der Waals surface area contributed by atoms with Crippen LogP contribution in [0.3, 0.4) is 0 Å². The van der Waals surface area contributed by atoms with Crippen molar-refractivity contribution in [2.75, 3.05) is 5.75 Å². The fraction of sp³-hybridized carbons (Fsp3) is 0.333. The molecule has 0 unspecified atom stereocenters. The van der Waals surface area contributed by atoms with Crippen LogP contribution in [-0.4, -0.2) is 15.3 Å². The first-order valence-corrected chi connectivity index (χ1v) is 10.7. The number of hydrogen-bond donors (Lipinski definition) is 0. The molecule has 3 nitrogen and oxygen atoms in total. The zero-order valence-electron chi connectivity index (χ0n) is 15.1. The number of aryl methyl sites for hydroxylation is 1. The van der Waals surface area contributed by atoms with Gasteiger partial charge in [-0.15, -0.1) is 11.3 Å². The summed E-state index contributed by atoms with van der Waals surface area (Å²) in [6.45, 7) is 8.28. The van der Waals surface area contributed by atoms with Crippen LogP contribution in [0.5, 0.6) is 0 Å². The van der Waals surface area contributed by atoms with E-state index < -0.39 is 0 Å². The molecule has 26 heavy (non-hydrogen) atoms. The van der Waals surface area contributed by atoms with Gasteiger partial charge in [0.05, 0.1) is 11.1 Å². The Kier molecular flexibility index (Phi) is 4.76. The van der Waals surface area contributed by atoms with E-state index in [1.165, 1.54) is 10.4 Å². The Hall–Kier alpha value is -1.85. The van der Waals surface area contributed by atoms with Gasteiger partial charge in [-0.3, -0.25) is 9.36 Å². The van der Waals surface area contributed by atoms with Crippen molar-refractivity contribution in [2.45, 2.75) is 38.3 Å². The van der Waals surface area contributed by atoms with E-state index >= 15 is 0 Å². The van der Waals surface area contributed by atoms with E-state index in [-0.39, 0.29) is 5.56 Å². The predicted molar refractivity (Wildman–Crippen MR) is 112 cm³/mol. The normalized spacial score (nSPS) is 16.6. The molecule has 0 fully saturated rings. The van der Waals surface area contributed by atoms with Gasteiger partial charge in [-0.1, -0.05) is 49.0 Å². The van der Waals surface area contributed by atoms with Crippen LogP contribution < -0.4 is 5.56 Å². The number of thioether (sulfide) groups is 1. The Morgan fingerprint density at radius 2 is 2.15 bits per heavy atom. The van der Waals surface area contributed by atoms with Gasteiger partial charge >= 0.3 is 0 Å². The highest BCUT2D eigenvalue weighted by Crippen LogP contribution is 2.37. The first kappa shape index (κ1) is 17.6. The van der Waals surface area contributed by atoms with Crippen molar-refractivity contribution >= 4 is 33.3 Å². The first-order chi connectivity index (χ1) is 12.5. The van der Waals surface area contributed by atoms with Gasteiger partial charge in [-0.2, -0.15) is 0 Å². The summed E-state index contributed by atoms with van der Waals surface area (Å²) >= 11 is 3.29. The maximum atomic E-state index is 13.5. The van der Waals surface area contributed by atoms with E-state index in [2.05, 4.69) is 13.5 Å². The van der Waals surface area contributed by atoms with Gasteiger partial charge in [-0.05, 0) is 49.8 Å². The predicted octanol–water partition coefficient (Wildman–Crippen LogP) is 5.24. The second-order valence-electron chi connectivity index (χ2n) is 7.15. The van der Waals surface area contributed by atoms with Crippen molar-refractivity contribution < 1.29 is 0 Å². The highest BCUT2D eigenvalue weighted by molar-refractivity contribution is 7.99. The number of para-hydroxylation sites is 1. The standard InChI is InChI=1S/C21H22N2OS2/c1-13(2)12-25-21-22-19-18(16-10-9-14(3)11-17(16)26-19)20(24)23(21)15-7-5-4-6-8-15/h4-8,14H,1,9-12H2,2-3H3/t14-/m0/s1. The highest BCUT2D eigenvalue weighted by Gasteiger charge is 2.25. The maximum Gasteiger partial charge on any atom is 0.267 e. The molecule has 1 aliphatic rings. The van der Waals surface area contributed by atoms with E-state index in [9.17, 15) is 4.79 Å². The van der Waals surface area contributed by atoms with Gasteiger partial charge in [-0.25, -0.2) is 4.98 Å². The summed E-state index contributed by atoms with van der Waals surface area (Å²) in [5.74, 6) is 1.44. The van der Waals surface area contributed by atoms with Crippen molar-refractivity contribution in [1.29, 1.82) is 0 Å². The van der Waals surface area contributed by atoms with Gasteiger partial charge < -0.3 is 0 Å². The number of thiophene rings is 1. The third-order valence-electron chi connectivity index (χ3n) is 4.76. The molecule has 0 aliphatic heterocycles. The van der Waals surface area contributed by atoms with Crippen LogP contribution in [0.25, 0.3) is 15.9 Å². The van der Waals surface area contributed by atoms with E-state index in [1.807, 2.05) is 37.3 Å². The zero-order valence-corrected chi connectivity index (χ0v) is 16.8. The van der Waals surface area contributed by atoms with E-state index in [0.717, 1.165) is 51.6 Å². The van der Waals surface area contributed by atoms with Crippen LogP contribution in [-0.2, 0) is 12.8 Å². The lowest BCUT2D eigenvalue weighted by molar-refractivity contribution is 0.509. The third kappa shape index (κ3) is 3.14. The lowest BCUT2D eigenvalue weighted by Gasteiger charge is -2.17. The SMILES string of the molecule is C=C(C)CSc1nc2sc3c(c2c(=O)n1-c1ccccc1)CC[C@H](C)C3. The Balaban J connectivity index is 1.96. The molecule has 0 amide bonds. The highest BCUT2D eigenvalue weighted by atomic mass is 32.2. The third-order valence-corrected chi connectivity index (χ3v) is 7.08. The zero-order chi connectivity index (χ0) is 18.3. The fourth-order valence-electron chi connectivity index (χ4n) is 3.46. The molecule has 0 radical (unpaired) electrons. The number of nitrogens with zero attached hydrogens (tertiary/aromatic N) is 2. The molecule has 3 aromatic rings. The number of benzene rings is 1. The van der Waals surface area contributed by atoms with Crippen molar-refractivity contribution in [3.63, 3.8) is 0 Å². The van der Waals surface area contributed by atoms with Crippen LogP contribution in [0.4, 0.5) is 0 Å².